The molecule has 0 heterocycles. The predicted molar refractivity (Wildman–Crippen MR) is 41.9 cm³/mol. The van der Waals surface area contributed by atoms with E-state index in [-0.39, 0.29) is 5.92 Å². The van der Waals surface area contributed by atoms with Gasteiger partial charge in [-0.1, -0.05) is 0 Å². The van der Waals surface area contributed by atoms with Crippen molar-refractivity contribution < 1.29 is 9.90 Å². The molecule has 58 valence electrons. The molecule has 0 saturated heterocycles. The molecule has 10 heavy (non-hydrogen) atoms. The van der Waals surface area contributed by atoms with E-state index >= 15 is 0 Å². The zero-order valence-electron chi connectivity index (χ0n) is 5.92. The van der Waals surface area contributed by atoms with Crippen LogP contribution in [0.25, 0.3) is 0 Å². The molecular formula is C7H13AsO2. The fourth-order valence-corrected chi connectivity index (χ4v) is 2.71. The molecule has 1 aliphatic carbocycles. The quantitative estimate of drug-likeness (QED) is 0.638. The minimum absolute atomic E-state index is 0.0336. The van der Waals surface area contributed by atoms with Gasteiger partial charge in [0.15, 0.2) is 0 Å². The van der Waals surface area contributed by atoms with Gasteiger partial charge in [0.25, 0.3) is 0 Å². The van der Waals surface area contributed by atoms with Crippen LogP contribution in [-0.4, -0.2) is 27.9 Å². The Kier molecular flexibility index (Phi) is 2.79. The Hall–Kier alpha value is 0.0284. The summed E-state index contributed by atoms with van der Waals surface area (Å²) >= 11 is 1.59. The Morgan fingerprint density at radius 1 is 1.40 bits per heavy atom. The van der Waals surface area contributed by atoms with E-state index in [4.69, 9.17) is 5.11 Å². The third kappa shape index (κ3) is 1.76. The Labute approximate surface area is 69.5 Å². The number of hydrogen-bond donors (Lipinski definition) is 1. The molecule has 0 aromatic carbocycles. The third-order valence-electron chi connectivity index (χ3n) is 2.14. The molecule has 3 heteroatoms. The molecule has 0 radical (unpaired) electrons. The van der Waals surface area contributed by atoms with Crippen LogP contribution >= 0.6 is 0 Å². The van der Waals surface area contributed by atoms with Crippen LogP contribution in [0.2, 0.25) is 4.71 Å². The van der Waals surface area contributed by atoms with Crippen LogP contribution in [0, 0.1) is 5.92 Å². The van der Waals surface area contributed by atoms with E-state index in [2.05, 4.69) is 0 Å². The van der Waals surface area contributed by atoms with E-state index in [1.165, 1.54) is 6.42 Å². The molecule has 0 aromatic heterocycles. The van der Waals surface area contributed by atoms with Gasteiger partial charge in [0.2, 0.25) is 0 Å². The first-order chi connectivity index (χ1) is 4.72. The summed E-state index contributed by atoms with van der Waals surface area (Å²) in [6.45, 7) is 0. The molecule has 2 nitrogen and oxygen atoms in total. The molecule has 0 amide bonds. The van der Waals surface area contributed by atoms with Crippen LogP contribution in [0.3, 0.4) is 0 Å². The van der Waals surface area contributed by atoms with Crippen LogP contribution in [0.1, 0.15) is 25.7 Å². The zero-order chi connectivity index (χ0) is 7.56. The second-order valence-corrected chi connectivity index (χ2v) is 4.69. The first kappa shape index (κ1) is 8.13. The Balaban J connectivity index is 2.47. The monoisotopic (exact) mass is 204 g/mol. The number of rotatable bonds is 1. The third-order valence-corrected chi connectivity index (χ3v) is 3.81. The van der Waals surface area contributed by atoms with Crippen LogP contribution in [0.5, 0.6) is 0 Å². The fourth-order valence-electron chi connectivity index (χ4n) is 1.47. The molecule has 1 aliphatic rings. The fraction of sp³-hybridized carbons (Fsp3) is 0.857. The molecule has 0 aliphatic heterocycles. The summed E-state index contributed by atoms with van der Waals surface area (Å²) in [5.74, 6) is -0.622. The summed E-state index contributed by atoms with van der Waals surface area (Å²) in [6, 6.07) is 0. The summed E-state index contributed by atoms with van der Waals surface area (Å²) in [7, 11) is 0. The van der Waals surface area contributed by atoms with Crippen molar-refractivity contribution in [2.75, 3.05) is 0 Å². The maximum atomic E-state index is 10.6. The van der Waals surface area contributed by atoms with Crippen molar-refractivity contribution in [3.63, 3.8) is 0 Å². The summed E-state index contributed by atoms with van der Waals surface area (Å²) in [5, 5.41) is 8.72. The van der Waals surface area contributed by atoms with Gasteiger partial charge in [-0.2, -0.15) is 0 Å². The maximum absolute atomic E-state index is 10.6. The van der Waals surface area contributed by atoms with Crippen molar-refractivity contribution in [2.45, 2.75) is 30.4 Å². The van der Waals surface area contributed by atoms with Crippen LogP contribution in [-0.2, 0) is 4.79 Å². The van der Waals surface area contributed by atoms with Crippen molar-refractivity contribution >= 4 is 22.8 Å². The van der Waals surface area contributed by atoms with Gasteiger partial charge in [-0.25, -0.2) is 0 Å². The number of carbonyl (C=O) groups is 1. The van der Waals surface area contributed by atoms with Crippen molar-refractivity contribution in [2.24, 2.45) is 5.92 Å². The molecular weight excluding hydrogens is 191 g/mol. The van der Waals surface area contributed by atoms with E-state index in [0.717, 1.165) is 19.3 Å². The van der Waals surface area contributed by atoms with Crippen molar-refractivity contribution in [3.8, 4) is 0 Å². The molecule has 0 bridgehead atoms. The number of carboxylic acids is 1. The standard InChI is InChI=1S/C7H13AsO2/c8-6-4-2-1-3-5(6)7(9)10/h5-6H,1-4,8H2,(H,9,10). The van der Waals surface area contributed by atoms with Gasteiger partial charge in [0.1, 0.15) is 0 Å². The molecule has 1 N–H and O–H groups in total. The van der Waals surface area contributed by atoms with Crippen LogP contribution in [0.4, 0.5) is 0 Å². The van der Waals surface area contributed by atoms with Crippen molar-refractivity contribution in [1.82, 2.24) is 0 Å². The SMILES string of the molecule is O=C(O)C1CCCCC1[AsH2]. The number of aliphatic carboxylic acids is 1. The second-order valence-electron chi connectivity index (χ2n) is 2.89. The first-order valence-corrected chi connectivity index (χ1v) is 5.10. The minimum atomic E-state index is -0.589. The molecule has 1 rings (SSSR count). The van der Waals surface area contributed by atoms with E-state index < -0.39 is 5.97 Å². The predicted octanol–water partition coefficient (Wildman–Crippen LogP) is 0.683. The Morgan fingerprint density at radius 3 is 2.40 bits per heavy atom. The average Bonchev–Trinajstić information content (AvgIpc) is 1.88. The number of carboxylic acid groups (broad SMARTS) is 1. The summed E-state index contributed by atoms with van der Waals surface area (Å²) in [4.78, 5) is 10.6. The first-order valence-electron chi connectivity index (χ1n) is 3.70. The topological polar surface area (TPSA) is 37.3 Å². The van der Waals surface area contributed by atoms with Crippen molar-refractivity contribution in [3.05, 3.63) is 0 Å². The molecule has 0 aromatic rings. The summed E-state index contributed by atoms with van der Waals surface area (Å²) in [6.07, 6.45) is 4.36. The van der Waals surface area contributed by atoms with Gasteiger partial charge in [-0.15, -0.1) is 0 Å². The van der Waals surface area contributed by atoms with Gasteiger partial charge >= 0.3 is 69.0 Å². The van der Waals surface area contributed by atoms with Crippen LogP contribution < -0.4 is 0 Å². The Bertz CT molecular complexity index is 136. The van der Waals surface area contributed by atoms with Crippen LogP contribution in [0.15, 0.2) is 0 Å². The Morgan fingerprint density at radius 2 is 2.00 bits per heavy atom. The molecule has 1 saturated carbocycles. The number of hydrogen-bond acceptors (Lipinski definition) is 1. The van der Waals surface area contributed by atoms with Gasteiger partial charge in [-0.3, -0.25) is 0 Å². The molecule has 0 spiro atoms. The van der Waals surface area contributed by atoms with Crippen molar-refractivity contribution in [1.29, 1.82) is 0 Å². The average molecular weight is 204 g/mol. The van der Waals surface area contributed by atoms with E-state index in [9.17, 15) is 4.79 Å². The molecule has 3 unspecified atom stereocenters. The summed E-state index contributed by atoms with van der Waals surface area (Å²) in [5.41, 5.74) is 0. The second kappa shape index (κ2) is 3.43. The van der Waals surface area contributed by atoms with Gasteiger partial charge in [0.05, 0.1) is 0 Å². The molecule has 3 atom stereocenters. The van der Waals surface area contributed by atoms with E-state index in [1.807, 2.05) is 0 Å². The van der Waals surface area contributed by atoms with Gasteiger partial charge < -0.3 is 0 Å². The van der Waals surface area contributed by atoms with Gasteiger partial charge in [0, 0.05) is 0 Å². The van der Waals surface area contributed by atoms with E-state index in [1.54, 1.807) is 16.9 Å². The molecule has 1 fully saturated rings. The zero-order valence-corrected chi connectivity index (χ0v) is 8.34. The normalized spacial score (nSPS) is 33.7. The summed E-state index contributed by atoms with van der Waals surface area (Å²) < 4.78 is 0.457. The van der Waals surface area contributed by atoms with E-state index in [0.29, 0.717) is 4.71 Å². The van der Waals surface area contributed by atoms with Gasteiger partial charge in [-0.05, 0) is 0 Å².